The number of hydrogen-bond donors (Lipinski definition) is 1. The predicted octanol–water partition coefficient (Wildman–Crippen LogP) is 2.35. The number of hydrogen-bond acceptors (Lipinski definition) is 5. The largest absolute Gasteiger partial charge is 0.465 e. The van der Waals surface area contributed by atoms with Crippen LogP contribution < -0.4 is 5.32 Å². The van der Waals surface area contributed by atoms with E-state index in [4.69, 9.17) is 4.74 Å². The van der Waals surface area contributed by atoms with Crippen molar-refractivity contribution in [2.45, 2.75) is 30.6 Å². The highest BCUT2D eigenvalue weighted by molar-refractivity contribution is 8.00. The van der Waals surface area contributed by atoms with E-state index >= 15 is 0 Å². The molecular weight excluding hydrogens is 298 g/mol. The molecule has 2 unspecified atom stereocenters. The summed E-state index contributed by atoms with van der Waals surface area (Å²) in [6.45, 7) is 2.11. The van der Waals surface area contributed by atoms with Gasteiger partial charge in [0.25, 0.3) is 0 Å². The van der Waals surface area contributed by atoms with Gasteiger partial charge >= 0.3 is 5.97 Å². The van der Waals surface area contributed by atoms with E-state index in [9.17, 15) is 9.59 Å². The van der Waals surface area contributed by atoms with Crippen LogP contribution in [-0.2, 0) is 14.3 Å². The molecule has 1 heterocycles. The Labute approximate surface area is 134 Å². The van der Waals surface area contributed by atoms with E-state index in [1.807, 2.05) is 12.1 Å². The lowest BCUT2D eigenvalue weighted by atomic mass is 9.93. The zero-order chi connectivity index (χ0) is 15.5. The zero-order valence-electron chi connectivity index (χ0n) is 12.5. The third kappa shape index (κ3) is 2.96. The van der Waals surface area contributed by atoms with E-state index in [2.05, 4.69) is 29.6 Å². The van der Waals surface area contributed by atoms with E-state index in [0.29, 0.717) is 18.9 Å². The van der Waals surface area contributed by atoms with E-state index in [1.54, 1.807) is 6.92 Å². The fourth-order valence-electron chi connectivity index (χ4n) is 2.98. The van der Waals surface area contributed by atoms with Crippen LogP contribution in [0.3, 0.4) is 0 Å². The molecule has 1 aromatic rings. The zero-order valence-corrected chi connectivity index (χ0v) is 13.3. The normalized spacial score (nSPS) is 26.0. The molecule has 0 radical (unpaired) electrons. The van der Waals surface area contributed by atoms with Crippen molar-refractivity contribution in [1.29, 1.82) is 0 Å². The number of carbonyl (C=O) groups excluding carboxylic acids is 2. The van der Waals surface area contributed by atoms with Crippen LogP contribution in [0.1, 0.15) is 30.4 Å². The number of allylic oxidation sites excluding steroid dienone is 1. The Morgan fingerprint density at radius 3 is 3.00 bits per heavy atom. The van der Waals surface area contributed by atoms with Crippen molar-refractivity contribution in [2.75, 3.05) is 12.5 Å². The molecule has 1 saturated heterocycles. The highest BCUT2D eigenvalue weighted by Crippen LogP contribution is 2.34. The van der Waals surface area contributed by atoms with Crippen LogP contribution in [0.4, 0.5) is 0 Å². The van der Waals surface area contributed by atoms with Crippen molar-refractivity contribution >= 4 is 29.6 Å². The molecule has 3 atom stereocenters. The molecule has 1 fully saturated rings. The minimum atomic E-state index is -0.516. The summed E-state index contributed by atoms with van der Waals surface area (Å²) in [4.78, 5) is 24.6. The minimum absolute atomic E-state index is 0.111. The van der Waals surface area contributed by atoms with Gasteiger partial charge in [0.15, 0.2) is 0 Å². The average molecular weight is 317 g/mol. The maximum Gasteiger partial charge on any atom is 0.324 e. The number of rotatable bonds is 5. The van der Waals surface area contributed by atoms with Crippen LogP contribution in [0.15, 0.2) is 30.3 Å². The van der Waals surface area contributed by atoms with Crippen LogP contribution in [0.25, 0.3) is 6.08 Å². The van der Waals surface area contributed by atoms with Crippen LogP contribution in [-0.4, -0.2) is 35.5 Å². The Bertz CT molecular complexity index is 614. The Kier molecular flexibility index (Phi) is 4.64. The van der Waals surface area contributed by atoms with Crippen molar-refractivity contribution in [2.24, 2.45) is 0 Å². The Hall–Kier alpha value is -1.59. The summed E-state index contributed by atoms with van der Waals surface area (Å²) in [6, 6.07) is 7.61. The van der Waals surface area contributed by atoms with Gasteiger partial charge in [0.2, 0.25) is 0 Å². The maximum atomic E-state index is 12.6. The third-order valence-corrected chi connectivity index (χ3v) is 5.28. The smallest absolute Gasteiger partial charge is 0.324 e. The minimum Gasteiger partial charge on any atom is -0.465 e. The van der Waals surface area contributed by atoms with E-state index < -0.39 is 6.04 Å². The quantitative estimate of drug-likeness (QED) is 0.845. The van der Waals surface area contributed by atoms with E-state index in [0.717, 1.165) is 0 Å². The Morgan fingerprint density at radius 1 is 1.36 bits per heavy atom. The molecule has 0 saturated carbocycles. The number of ether oxygens (including phenoxy) is 1. The highest BCUT2D eigenvalue weighted by Gasteiger charge is 2.39. The fraction of sp³-hybridized carbons (Fsp3) is 0.412. The van der Waals surface area contributed by atoms with Crippen LogP contribution >= 0.6 is 11.8 Å². The number of benzene rings is 1. The van der Waals surface area contributed by atoms with Crippen LogP contribution in [0, 0.1) is 0 Å². The summed E-state index contributed by atoms with van der Waals surface area (Å²) in [5.74, 6) is 0.511. The van der Waals surface area contributed by atoms with Gasteiger partial charge < -0.3 is 4.74 Å². The first kappa shape index (κ1) is 15.3. The van der Waals surface area contributed by atoms with Crippen molar-refractivity contribution in [1.82, 2.24) is 5.32 Å². The molecule has 1 aliphatic heterocycles. The van der Waals surface area contributed by atoms with Crippen molar-refractivity contribution in [3.8, 4) is 0 Å². The fourth-order valence-corrected chi connectivity index (χ4v) is 4.12. The number of fused-ring (bicyclic) bond motifs is 1. The predicted molar refractivity (Wildman–Crippen MR) is 87.6 cm³/mol. The topological polar surface area (TPSA) is 55.4 Å². The lowest BCUT2D eigenvalue weighted by molar-refractivity contribution is -0.146. The summed E-state index contributed by atoms with van der Waals surface area (Å²) < 4.78 is 5.05. The third-order valence-electron chi connectivity index (χ3n) is 4.05. The van der Waals surface area contributed by atoms with Gasteiger partial charge in [-0.25, -0.2) is 0 Å². The van der Waals surface area contributed by atoms with E-state index in [1.165, 1.54) is 22.9 Å². The van der Waals surface area contributed by atoms with Crippen molar-refractivity contribution in [3.05, 3.63) is 41.5 Å². The van der Waals surface area contributed by atoms with Crippen molar-refractivity contribution < 1.29 is 14.3 Å². The van der Waals surface area contributed by atoms with Gasteiger partial charge in [0.1, 0.15) is 11.8 Å². The SMILES string of the molecule is CCOC(=O)[C@H]1NCSC1C(=O)CC1C=Cc2ccccc21. The van der Waals surface area contributed by atoms with Gasteiger partial charge in [-0.2, -0.15) is 0 Å². The first-order valence-corrected chi connectivity index (χ1v) is 8.57. The molecule has 1 N–H and O–H groups in total. The number of Topliss-reactive ketones (excluding diaryl/α,β-unsaturated/α-hetero) is 1. The second kappa shape index (κ2) is 6.67. The number of nitrogens with one attached hydrogen (secondary N) is 1. The molecule has 22 heavy (non-hydrogen) atoms. The molecule has 0 spiro atoms. The Balaban J connectivity index is 1.67. The molecule has 0 bridgehead atoms. The molecule has 1 aromatic carbocycles. The lowest BCUT2D eigenvalue weighted by Gasteiger charge is -2.18. The van der Waals surface area contributed by atoms with E-state index in [-0.39, 0.29) is 22.9 Å². The average Bonchev–Trinajstić information content (AvgIpc) is 3.15. The summed E-state index contributed by atoms with van der Waals surface area (Å²) >= 11 is 1.49. The molecule has 0 amide bonds. The van der Waals surface area contributed by atoms with Gasteiger partial charge in [-0.1, -0.05) is 36.4 Å². The lowest BCUT2D eigenvalue weighted by Crippen LogP contribution is -2.43. The first-order chi connectivity index (χ1) is 10.7. The van der Waals surface area contributed by atoms with Crippen LogP contribution in [0.5, 0.6) is 0 Å². The van der Waals surface area contributed by atoms with Gasteiger partial charge in [-0.3, -0.25) is 14.9 Å². The number of thioether (sulfide) groups is 1. The molecule has 116 valence electrons. The molecule has 4 nitrogen and oxygen atoms in total. The standard InChI is InChI=1S/C17H19NO3S/c1-2-21-17(20)15-16(22-10-18-15)14(19)9-12-8-7-11-5-3-4-6-13(11)12/h3-8,12,15-16,18H,2,9-10H2,1H3/t12?,15-,16?/m0/s1. The highest BCUT2D eigenvalue weighted by atomic mass is 32.2. The second-order valence-electron chi connectivity index (χ2n) is 5.43. The molecule has 1 aliphatic carbocycles. The monoisotopic (exact) mass is 317 g/mol. The van der Waals surface area contributed by atoms with Gasteiger partial charge in [-0.05, 0) is 18.1 Å². The van der Waals surface area contributed by atoms with Crippen LogP contribution in [0.2, 0.25) is 0 Å². The summed E-state index contributed by atoms with van der Waals surface area (Å²) in [5, 5.41) is 2.72. The number of carbonyl (C=O) groups is 2. The number of esters is 1. The molecule has 3 rings (SSSR count). The first-order valence-electron chi connectivity index (χ1n) is 7.52. The summed E-state index contributed by atoms with van der Waals surface area (Å²) in [6.07, 6.45) is 4.58. The summed E-state index contributed by atoms with van der Waals surface area (Å²) in [7, 11) is 0. The molecule has 2 aliphatic rings. The second-order valence-corrected chi connectivity index (χ2v) is 6.56. The van der Waals surface area contributed by atoms with Gasteiger partial charge in [-0.15, -0.1) is 11.8 Å². The van der Waals surface area contributed by atoms with Gasteiger partial charge in [0.05, 0.1) is 11.9 Å². The van der Waals surface area contributed by atoms with Gasteiger partial charge in [0, 0.05) is 18.2 Å². The molecule has 0 aromatic heterocycles. The van der Waals surface area contributed by atoms with Crippen molar-refractivity contribution in [3.63, 3.8) is 0 Å². The Morgan fingerprint density at radius 2 is 2.18 bits per heavy atom. The molecule has 5 heteroatoms. The molecular formula is C17H19NO3S. The number of ketones is 1. The maximum absolute atomic E-state index is 12.6. The summed E-state index contributed by atoms with van der Waals surface area (Å²) in [5.41, 5.74) is 2.37.